The number of amides is 2. The molecule has 12 heteroatoms. The molecule has 1 saturated heterocycles. The van der Waals surface area contributed by atoms with Crippen molar-refractivity contribution in [2.24, 2.45) is 0 Å². The number of anilines is 1. The van der Waals surface area contributed by atoms with E-state index in [1.807, 2.05) is 6.07 Å². The summed E-state index contributed by atoms with van der Waals surface area (Å²) < 4.78 is 16.3. The van der Waals surface area contributed by atoms with Crippen molar-refractivity contribution in [3.63, 3.8) is 0 Å². The number of methoxy groups -OCH3 is 1. The summed E-state index contributed by atoms with van der Waals surface area (Å²) in [5.41, 5.74) is 2.26. The van der Waals surface area contributed by atoms with Gasteiger partial charge < -0.3 is 30.0 Å². The number of likely N-dealkylation sites (tertiary alicyclic amines) is 1. The van der Waals surface area contributed by atoms with Crippen LogP contribution in [0.15, 0.2) is 36.7 Å². The number of nitrogens with one attached hydrogen (secondary N) is 2. The van der Waals surface area contributed by atoms with Gasteiger partial charge in [-0.05, 0) is 25.0 Å². The van der Waals surface area contributed by atoms with Gasteiger partial charge in [-0.2, -0.15) is 0 Å². The van der Waals surface area contributed by atoms with Crippen molar-refractivity contribution in [1.29, 1.82) is 0 Å². The van der Waals surface area contributed by atoms with Crippen molar-refractivity contribution >= 4 is 28.7 Å². The lowest BCUT2D eigenvalue weighted by molar-refractivity contribution is -0.122. The van der Waals surface area contributed by atoms with Crippen LogP contribution in [0, 0.1) is 0 Å². The van der Waals surface area contributed by atoms with Crippen LogP contribution >= 0.6 is 0 Å². The van der Waals surface area contributed by atoms with Crippen LogP contribution < -0.4 is 24.8 Å². The second-order valence-electron chi connectivity index (χ2n) is 8.49. The molecular weight excluding hydrogens is 468 g/mol. The number of pyridine rings is 3. The molecule has 2 aliphatic heterocycles. The fourth-order valence-electron chi connectivity index (χ4n) is 4.39. The molecule has 36 heavy (non-hydrogen) atoms. The number of rotatable bonds is 6. The van der Waals surface area contributed by atoms with Crippen molar-refractivity contribution in [2.75, 3.05) is 32.2 Å². The minimum Gasteiger partial charge on any atom is -0.486 e. The Morgan fingerprint density at radius 3 is 2.81 bits per heavy atom. The first-order chi connectivity index (χ1) is 17.5. The number of aromatic nitrogens is 3. The second-order valence-corrected chi connectivity index (χ2v) is 8.49. The summed E-state index contributed by atoms with van der Waals surface area (Å²) >= 11 is 0. The Labute approximate surface area is 206 Å². The number of carboxylic acid groups (broad SMARTS) is 1. The van der Waals surface area contributed by atoms with E-state index in [9.17, 15) is 14.7 Å². The minimum atomic E-state index is -1.15. The van der Waals surface area contributed by atoms with Crippen LogP contribution in [0.3, 0.4) is 0 Å². The van der Waals surface area contributed by atoms with Gasteiger partial charge in [0.25, 0.3) is 0 Å². The Hall–Kier alpha value is -4.19. The lowest BCUT2D eigenvalue weighted by atomic mass is 9.97. The molecule has 0 aromatic carbocycles. The van der Waals surface area contributed by atoms with Crippen LogP contribution in [0.1, 0.15) is 18.5 Å². The number of ether oxygens (including phenoxy) is 3. The smallest absolute Gasteiger partial charge is 0.408 e. The summed E-state index contributed by atoms with van der Waals surface area (Å²) in [4.78, 5) is 39.4. The normalized spacial score (nSPS) is 19.1. The number of hydrogen-bond acceptors (Lipinski definition) is 9. The Morgan fingerprint density at radius 1 is 1.17 bits per heavy atom. The first-order valence-corrected chi connectivity index (χ1v) is 11.6. The fourth-order valence-corrected chi connectivity index (χ4v) is 4.39. The molecule has 3 aromatic heterocycles. The maximum Gasteiger partial charge on any atom is 0.408 e. The highest BCUT2D eigenvalue weighted by atomic mass is 16.6. The van der Waals surface area contributed by atoms with Gasteiger partial charge in [0.05, 0.1) is 30.2 Å². The van der Waals surface area contributed by atoms with Gasteiger partial charge >= 0.3 is 6.09 Å². The third-order valence-corrected chi connectivity index (χ3v) is 6.21. The Balaban J connectivity index is 1.24. The molecule has 2 atom stereocenters. The molecule has 0 aliphatic carbocycles. The predicted molar refractivity (Wildman–Crippen MR) is 128 cm³/mol. The predicted octanol–water partition coefficient (Wildman–Crippen LogP) is 2.04. The molecule has 5 rings (SSSR count). The lowest BCUT2D eigenvalue weighted by Crippen LogP contribution is -2.56. The topological polar surface area (TPSA) is 148 Å². The Kier molecular flexibility index (Phi) is 6.67. The molecule has 12 nitrogen and oxygen atoms in total. The monoisotopic (exact) mass is 494 g/mol. The highest BCUT2D eigenvalue weighted by Crippen LogP contribution is 2.29. The summed E-state index contributed by atoms with van der Waals surface area (Å²) in [6.07, 6.45) is 3.02. The molecular formula is C24H26N6O6. The molecule has 1 unspecified atom stereocenters. The molecule has 2 aliphatic rings. The van der Waals surface area contributed by atoms with Crippen LogP contribution in [0.4, 0.5) is 10.5 Å². The third-order valence-electron chi connectivity index (χ3n) is 6.21. The summed E-state index contributed by atoms with van der Waals surface area (Å²) in [6, 6.07) is 5.91. The van der Waals surface area contributed by atoms with E-state index in [0.29, 0.717) is 66.7 Å². The highest BCUT2D eigenvalue weighted by Gasteiger charge is 2.36. The minimum absolute atomic E-state index is 0.132. The lowest BCUT2D eigenvalue weighted by Gasteiger charge is -2.37. The number of piperidine rings is 1. The summed E-state index contributed by atoms with van der Waals surface area (Å²) in [5, 5.41) is 16.0. The van der Waals surface area contributed by atoms with Gasteiger partial charge in [0.1, 0.15) is 24.8 Å². The van der Waals surface area contributed by atoms with Crippen LogP contribution in [0.5, 0.6) is 17.4 Å². The van der Waals surface area contributed by atoms with Crippen molar-refractivity contribution in [2.45, 2.75) is 31.5 Å². The van der Waals surface area contributed by atoms with Crippen molar-refractivity contribution in [1.82, 2.24) is 25.2 Å². The molecule has 5 heterocycles. The quantitative estimate of drug-likeness (QED) is 0.465. The van der Waals surface area contributed by atoms with Gasteiger partial charge in [0, 0.05) is 37.5 Å². The van der Waals surface area contributed by atoms with E-state index >= 15 is 0 Å². The van der Waals surface area contributed by atoms with Crippen LogP contribution in [-0.4, -0.2) is 75.9 Å². The number of nitrogens with zero attached hydrogens (tertiary/aromatic N) is 4. The zero-order valence-corrected chi connectivity index (χ0v) is 19.6. The largest absolute Gasteiger partial charge is 0.486 e. The zero-order chi connectivity index (χ0) is 25.1. The third kappa shape index (κ3) is 4.93. The van der Waals surface area contributed by atoms with Crippen molar-refractivity contribution in [3.05, 3.63) is 42.4 Å². The number of fused-ring (bicyclic) bond motifs is 2. The first kappa shape index (κ1) is 23.5. The molecule has 0 saturated carbocycles. The van der Waals surface area contributed by atoms with E-state index in [1.54, 1.807) is 30.6 Å². The van der Waals surface area contributed by atoms with E-state index in [-0.39, 0.29) is 12.6 Å². The fraction of sp³-hybridized carbons (Fsp3) is 0.375. The van der Waals surface area contributed by atoms with Crippen molar-refractivity contribution < 1.29 is 28.9 Å². The molecule has 0 spiro atoms. The van der Waals surface area contributed by atoms with Crippen LogP contribution in [0.2, 0.25) is 0 Å². The van der Waals surface area contributed by atoms with Crippen LogP contribution in [0.25, 0.3) is 11.0 Å². The zero-order valence-electron chi connectivity index (χ0n) is 19.6. The molecule has 188 valence electrons. The molecule has 3 N–H and O–H groups in total. The Bertz CT molecular complexity index is 1290. The van der Waals surface area contributed by atoms with E-state index < -0.39 is 18.0 Å². The van der Waals surface area contributed by atoms with E-state index in [2.05, 4.69) is 25.6 Å². The highest BCUT2D eigenvalue weighted by molar-refractivity contribution is 6.02. The summed E-state index contributed by atoms with van der Waals surface area (Å²) in [7, 11) is 1.50. The molecule has 2 amide bonds. The summed E-state index contributed by atoms with van der Waals surface area (Å²) in [6.45, 7) is 1.59. The van der Waals surface area contributed by atoms with Gasteiger partial charge in [-0.25, -0.2) is 9.78 Å². The van der Waals surface area contributed by atoms with Gasteiger partial charge in [0.2, 0.25) is 11.8 Å². The van der Waals surface area contributed by atoms with Crippen molar-refractivity contribution in [3.8, 4) is 17.4 Å². The van der Waals surface area contributed by atoms with E-state index in [0.717, 1.165) is 5.69 Å². The standard InChI is InChI=1S/C24H26N6O6/c1-34-21-5-3-16-22(29-21)17(6-7-25-16)28-23(31)18-4-2-14(13-30(18)24(32)33)26-11-15-10-19-20(12-27-15)36-9-8-35-19/h3,5-7,10,12,14,18,26H,2,4,8-9,11,13H2,1H3,(H,32,33)(H,25,28,31)/t14-,18?/m1/s1. The number of hydrogen-bond donors (Lipinski definition) is 3. The van der Waals surface area contributed by atoms with Crippen LogP contribution in [-0.2, 0) is 11.3 Å². The van der Waals surface area contributed by atoms with E-state index in [4.69, 9.17) is 14.2 Å². The second kappa shape index (κ2) is 10.2. The van der Waals surface area contributed by atoms with Gasteiger partial charge in [-0.1, -0.05) is 0 Å². The maximum atomic E-state index is 13.2. The summed E-state index contributed by atoms with van der Waals surface area (Å²) in [5.74, 6) is 1.24. The number of carbonyl (C=O) groups excluding carboxylic acids is 1. The first-order valence-electron chi connectivity index (χ1n) is 11.6. The maximum absolute atomic E-state index is 13.2. The van der Waals surface area contributed by atoms with Gasteiger partial charge in [-0.3, -0.25) is 19.7 Å². The SMILES string of the molecule is COc1ccc2nccc(NC(=O)C3CC[C@@H](NCc4cc5c(cn4)OCCO5)CN3C(=O)O)c2n1. The molecule has 1 fully saturated rings. The molecule has 3 aromatic rings. The average Bonchev–Trinajstić information content (AvgIpc) is 2.91. The van der Waals surface area contributed by atoms with Gasteiger partial charge in [-0.15, -0.1) is 0 Å². The average molecular weight is 495 g/mol. The number of carbonyl (C=O) groups is 2. The molecule has 0 bridgehead atoms. The molecule has 0 radical (unpaired) electrons. The van der Waals surface area contributed by atoms with Gasteiger partial charge in [0.15, 0.2) is 11.5 Å². The van der Waals surface area contributed by atoms with E-state index in [1.165, 1.54) is 12.0 Å². The Morgan fingerprint density at radius 2 is 2.00 bits per heavy atom.